The molecule has 0 fully saturated rings. The van der Waals surface area contributed by atoms with E-state index in [9.17, 15) is 19.2 Å². The normalized spacial score (nSPS) is 12.2. The second-order valence-electron chi connectivity index (χ2n) is 8.08. The van der Waals surface area contributed by atoms with Crippen LogP contribution < -0.4 is 21.5 Å². The molecule has 0 aliphatic rings. The number of hydrogen-bond donors (Lipinski definition) is 3. The number of amides is 1. The molecule has 0 radical (unpaired) electrons. The minimum absolute atomic E-state index is 0.0416. The molecule has 2 rings (SSSR count). The lowest BCUT2D eigenvalue weighted by atomic mass is 9.88. The van der Waals surface area contributed by atoms with Crippen LogP contribution in [0.15, 0.2) is 54.6 Å². The third kappa shape index (κ3) is 6.83. The fraction of sp³-hybridized carbons (Fsp3) is 0.333. The molecule has 1 amide bonds. The summed E-state index contributed by atoms with van der Waals surface area (Å²) in [5.41, 5.74) is 9.55. The maximum atomic E-state index is 12.8. The van der Waals surface area contributed by atoms with Crippen LogP contribution in [-0.4, -0.2) is 35.0 Å². The highest BCUT2D eigenvalue weighted by molar-refractivity contribution is 6.20. The number of ether oxygens (including phenoxy) is 1. The van der Waals surface area contributed by atoms with Crippen molar-refractivity contribution >= 4 is 23.3 Å². The Hall–Kier alpha value is -3.36. The highest BCUT2D eigenvalue weighted by Gasteiger charge is 2.42. The summed E-state index contributed by atoms with van der Waals surface area (Å²) in [6.45, 7) is 4.96. The zero-order chi connectivity index (χ0) is 23.9. The molecule has 0 aromatic heterocycles. The van der Waals surface area contributed by atoms with Gasteiger partial charge < -0.3 is 21.5 Å². The van der Waals surface area contributed by atoms with Gasteiger partial charge in [-0.1, -0.05) is 32.0 Å². The Kier molecular flexibility index (Phi) is 8.40. The molecule has 2 aromatic rings. The van der Waals surface area contributed by atoms with Gasteiger partial charge in [0.2, 0.25) is 5.91 Å². The van der Waals surface area contributed by atoms with Gasteiger partial charge in [0.25, 0.3) is 0 Å². The predicted octanol–water partition coefficient (Wildman–Crippen LogP) is 2.35. The highest BCUT2D eigenvalue weighted by Crippen LogP contribution is 2.22. The van der Waals surface area contributed by atoms with Gasteiger partial charge >= 0.3 is 0 Å². The van der Waals surface area contributed by atoms with Crippen LogP contribution in [0.5, 0.6) is 11.5 Å². The van der Waals surface area contributed by atoms with Crippen molar-refractivity contribution in [3.63, 3.8) is 0 Å². The molecule has 170 valence electrons. The van der Waals surface area contributed by atoms with Crippen LogP contribution in [0.2, 0.25) is 0 Å². The molecular weight excluding hydrogens is 410 g/mol. The first kappa shape index (κ1) is 24.9. The number of ketones is 3. The Labute approximate surface area is 187 Å². The lowest BCUT2D eigenvalue weighted by Gasteiger charge is -2.28. The first-order valence-electron chi connectivity index (χ1n) is 10.3. The van der Waals surface area contributed by atoms with Crippen LogP contribution in [0.3, 0.4) is 0 Å². The van der Waals surface area contributed by atoms with Crippen LogP contribution in [-0.2, 0) is 14.4 Å². The van der Waals surface area contributed by atoms with E-state index in [1.165, 1.54) is 19.1 Å². The van der Waals surface area contributed by atoms with Crippen LogP contribution >= 0.6 is 0 Å². The molecule has 0 bridgehead atoms. The van der Waals surface area contributed by atoms with Crippen molar-refractivity contribution in [1.29, 1.82) is 0 Å². The third-order valence-electron chi connectivity index (χ3n) is 4.75. The van der Waals surface area contributed by atoms with E-state index in [-0.39, 0.29) is 17.9 Å². The van der Waals surface area contributed by atoms with E-state index < -0.39 is 41.4 Å². The molecule has 0 saturated carbocycles. The van der Waals surface area contributed by atoms with Crippen molar-refractivity contribution in [3.05, 3.63) is 60.2 Å². The van der Waals surface area contributed by atoms with Crippen molar-refractivity contribution in [1.82, 2.24) is 5.32 Å². The number of nitrogens with one attached hydrogen (secondary N) is 1. The van der Waals surface area contributed by atoms with Crippen molar-refractivity contribution < 1.29 is 23.9 Å². The van der Waals surface area contributed by atoms with Gasteiger partial charge in [-0.05, 0) is 48.7 Å². The van der Waals surface area contributed by atoms with Gasteiger partial charge in [0.05, 0.1) is 12.5 Å². The van der Waals surface area contributed by atoms with Crippen LogP contribution in [0.4, 0.5) is 0 Å². The standard InChI is InChI=1S/C24H29N3O5/c1-15(2)13-20(27-16(3)28)23(31)24(25,26)22(30)14-21(29)17-9-11-19(12-10-17)32-18-7-5-4-6-8-18/h4-12,15,20H,13-14,25-26H2,1-3H3,(H,27,28)/t20-/m0/s1. The molecule has 2 aromatic carbocycles. The molecule has 0 aliphatic heterocycles. The van der Waals surface area contributed by atoms with E-state index >= 15 is 0 Å². The number of Topliss-reactive ketones (excluding diaryl/α,β-unsaturated/α-hetero) is 3. The fourth-order valence-electron chi connectivity index (χ4n) is 3.10. The Balaban J connectivity index is 2.06. The number of rotatable bonds is 11. The molecule has 0 spiro atoms. The lowest BCUT2D eigenvalue weighted by molar-refractivity contribution is -0.137. The molecule has 32 heavy (non-hydrogen) atoms. The van der Waals surface area contributed by atoms with E-state index in [0.29, 0.717) is 11.5 Å². The first-order valence-corrected chi connectivity index (χ1v) is 10.3. The fourth-order valence-corrected chi connectivity index (χ4v) is 3.10. The van der Waals surface area contributed by atoms with Crippen molar-refractivity contribution in [2.75, 3.05) is 0 Å². The minimum atomic E-state index is -2.39. The largest absolute Gasteiger partial charge is 0.457 e. The summed E-state index contributed by atoms with van der Waals surface area (Å²) in [4.78, 5) is 49.5. The molecule has 0 aliphatic carbocycles. The second kappa shape index (κ2) is 10.8. The van der Waals surface area contributed by atoms with Gasteiger partial charge in [0.15, 0.2) is 23.0 Å². The van der Waals surface area contributed by atoms with E-state index in [1.807, 2.05) is 32.0 Å². The van der Waals surface area contributed by atoms with Crippen LogP contribution in [0, 0.1) is 5.92 Å². The van der Waals surface area contributed by atoms with Gasteiger partial charge in [0.1, 0.15) is 11.5 Å². The smallest absolute Gasteiger partial charge is 0.217 e. The molecule has 5 N–H and O–H groups in total. The van der Waals surface area contributed by atoms with Crippen molar-refractivity contribution in [3.8, 4) is 11.5 Å². The predicted molar refractivity (Wildman–Crippen MR) is 120 cm³/mol. The average Bonchev–Trinajstić information content (AvgIpc) is 2.73. The van der Waals surface area contributed by atoms with E-state index in [0.717, 1.165) is 0 Å². The maximum Gasteiger partial charge on any atom is 0.217 e. The average molecular weight is 440 g/mol. The summed E-state index contributed by atoms with van der Waals surface area (Å²) < 4.78 is 5.67. The van der Waals surface area contributed by atoms with E-state index in [4.69, 9.17) is 16.2 Å². The number of carbonyl (C=O) groups excluding carboxylic acids is 4. The Morgan fingerprint density at radius 1 is 0.938 bits per heavy atom. The molecule has 1 atom stereocenters. The zero-order valence-electron chi connectivity index (χ0n) is 18.5. The number of carbonyl (C=O) groups is 4. The summed E-state index contributed by atoms with van der Waals surface area (Å²) in [6.07, 6.45) is -0.384. The topological polar surface area (TPSA) is 142 Å². The highest BCUT2D eigenvalue weighted by atomic mass is 16.5. The lowest BCUT2D eigenvalue weighted by Crippen LogP contribution is -2.67. The Morgan fingerprint density at radius 2 is 1.50 bits per heavy atom. The zero-order valence-corrected chi connectivity index (χ0v) is 18.5. The second-order valence-corrected chi connectivity index (χ2v) is 8.08. The number of para-hydroxylation sites is 1. The minimum Gasteiger partial charge on any atom is -0.457 e. The van der Waals surface area contributed by atoms with Gasteiger partial charge in [-0.25, -0.2) is 0 Å². The summed E-state index contributed by atoms with van der Waals surface area (Å²) in [7, 11) is 0. The van der Waals surface area contributed by atoms with E-state index in [2.05, 4.69) is 5.32 Å². The van der Waals surface area contributed by atoms with Gasteiger partial charge in [-0.15, -0.1) is 0 Å². The summed E-state index contributed by atoms with van der Waals surface area (Å²) >= 11 is 0. The summed E-state index contributed by atoms with van der Waals surface area (Å²) in [5, 5.41) is 2.48. The van der Waals surface area contributed by atoms with Crippen molar-refractivity contribution in [2.45, 2.75) is 45.3 Å². The molecule has 0 unspecified atom stereocenters. The SMILES string of the molecule is CC(=O)N[C@@H](CC(C)C)C(=O)C(N)(N)C(=O)CC(=O)c1ccc(Oc2ccccc2)cc1. The number of benzene rings is 2. The maximum absolute atomic E-state index is 12.8. The molecule has 8 nitrogen and oxygen atoms in total. The number of nitrogens with two attached hydrogens (primary N) is 2. The molecular formula is C24H29N3O5. The Morgan fingerprint density at radius 3 is 2.03 bits per heavy atom. The van der Waals surface area contributed by atoms with Crippen molar-refractivity contribution in [2.24, 2.45) is 17.4 Å². The Bertz CT molecular complexity index is 969. The van der Waals surface area contributed by atoms with Gasteiger partial charge in [-0.3, -0.25) is 19.2 Å². The van der Waals surface area contributed by atoms with Gasteiger partial charge in [0, 0.05) is 12.5 Å². The number of hydrogen-bond acceptors (Lipinski definition) is 7. The van der Waals surface area contributed by atoms with Crippen LogP contribution in [0.25, 0.3) is 0 Å². The molecule has 0 saturated heterocycles. The van der Waals surface area contributed by atoms with Crippen LogP contribution in [0.1, 0.15) is 44.0 Å². The van der Waals surface area contributed by atoms with Gasteiger partial charge in [-0.2, -0.15) is 0 Å². The monoisotopic (exact) mass is 439 g/mol. The summed E-state index contributed by atoms with van der Waals surface area (Å²) in [5.74, 6) is -1.52. The quantitative estimate of drug-likeness (QED) is 0.277. The summed E-state index contributed by atoms with van der Waals surface area (Å²) in [6, 6.07) is 14.4. The molecule has 0 heterocycles. The molecule has 8 heteroatoms. The third-order valence-corrected chi connectivity index (χ3v) is 4.75. The van der Waals surface area contributed by atoms with E-state index in [1.54, 1.807) is 24.3 Å². The first-order chi connectivity index (χ1) is 15.0.